The van der Waals surface area contributed by atoms with Gasteiger partial charge in [-0.3, -0.25) is 24.5 Å². The predicted molar refractivity (Wildman–Crippen MR) is 187 cm³/mol. The number of non-ortho nitro benzene ring substituents is 1. The molecule has 0 saturated carbocycles. The summed E-state index contributed by atoms with van der Waals surface area (Å²) in [5.41, 5.74) is 2.16. The van der Waals surface area contributed by atoms with E-state index in [9.17, 15) is 24.5 Å². The van der Waals surface area contributed by atoms with Gasteiger partial charge in [0, 0.05) is 54.8 Å². The fraction of sp³-hybridized carbons (Fsp3) is 0.0303. The number of nitrogens with zero attached hydrogens (tertiary/aromatic N) is 2. The molecule has 47 heavy (non-hydrogen) atoms. The number of rotatable bonds is 11. The molecule has 0 unspecified atom stereocenters. The van der Waals surface area contributed by atoms with Crippen molar-refractivity contribution < 1.29 is 19.3 Å². The standard InChI is InChI=1S/C33H23Cl2N5O5S2/c34-26-10-5-11-27(35)25(26)17-28(37-31(42)20-6-2-1-3-7-20)32(43)36-22-12-14-24(15-13-22)46-19-30(41)39-33-38-29(18-47-33)21-8-4-9-23(16-21)40(44)45/h1-18H,19H2,(H,36,43)(H,37,42)(H,38,39,41)/b28-17-. The molecule has 0 fully saturated rings. The molecule has 5 aromatic rings. The summed E-state index contributed by atoms with van der Waals surface area (Å²) >= 11 is 15.1. The highest BCUT2D eigenvalue weighted by Gasteiger charge is 2.17. The second-order valence-corrected chi connectivity index (χ2v) is 12.4. The third-order valence-electron chi connectivity index (χ3n) is 6.40. The fourth-order valence-electron chi connectivity index (χ4n) is 4.12. The molecule has 0 aliphatic rings. The molecule has 0 saturated heterocycles. The van der Waals surface area contributed by atoms with Crippen molar-refractivity contribution >= 4 is 86.6 Å². The van der Waals surface area contributed by atoms with Crippen molar-refractivity contribution in [2.75, 3.05) is 16.4 Å². The number of halogens is 2. The van der Waals surface area contributed by atoms with Crippen LogP contribution in [0.4, 0.5) is 16.5 Å². The number of aromatic nitrogens is 1. The van der Waals surface area contributed by atoms with Gasteiger partial charge in [0.25, 0.3) is 17.5 Å². The maximum absolute atomic E-state index is 13.3. The van der Waals surface area contributed by atoms with Crippen LogP contribution in [0.1, 0.15) is 15.9 Å². The minimum absolute atomic E-state index is 0.0446. The van der Waals surface area contributed by atoms with Crippen LogP contribution in [0.3, 0.4) is 0 Å². The molecule has 0 atom stereocenters. The second-order valence-electron chi connectivity index (χ2n) is 9.67. The molecule has 14 heteroatoms. The Bertz CT molecular complexity index is 1970. The lowest BCUT2D eigenvalue weighted by molar-refractivity contribution is -0.384. The normalized spacial score (nSPS) is 11.1. The Morgan fingerprint density at radius 3 is 2.30 bits per heavy atom. The highest BCUT2D eigenvalue weighted by molar-refractivity contribution is 8.00. The van der Waals surface area contributed by atoms with Crippen molar-refractivity contribution in [2.45, 2.75) is 4.90 Å². The largest absolute Gasteiger partial charge is 0.321 e. The van der Waals surface area contributed by atoms with Crippen molar-refractivity contribution in [3.63, 3.8) is 0 Å². The quantitative estimate of drug-likeness (QED) is 0.0545. The average Bonchev–Trinajstić information content (AvgIpc) is 3.54. The third kappa shape index (κ3) is 9.05. The summed E-state index contributed by atoms with van der Waals surface area (Å²) in [7, 11) is 0. The van der Waals surface area contributed by atoms with Crippen LogP contribution in [0.2, 0.25) is 10.0 Å². The molecular formula is C33H23Cl2N5O5S2. The van der Waals surface area contributed by atoms with Gasteiger partial charge in [-0.25, -0.2) is 4.98 Å². The maximum Gasteiger partial charge on any atom is 0.272 e. The van der Waals surface area contributed by atoms with Crippen LogP contribution in [0.25, 0.3) is 17.3 Å². The van der Waals surface area contributed by atoms with E-state index in [2.05, 4.69) is 20.9 Å². The van der Waals surface area contributed by atoms with E-state index in [1.165, 1.54) is 41.3 Å². The Kier molecular flexibility index (Phi) is 11.0. The van der Waals surface area contributed by atoms with Crippen molar-refractivity contribution in [3.8, 4) is 11.3 Å². The van der Waals surface area contributed by atoms with E-state index in [-0.39, 0.29) is 23.0 Å². The number of carbonyl (C=O) groups excluding carboxylic acids is 3. The molecule has 4 aromatic carbocycles. The zero-order chi connectivity index (χ0) is 33.3. The van der Waals surface area contributed by atoms with Crippen LogP contribution in [0.5, 0.6) is 0 Å². The minimum Gasteiger partial charge on any atom is -0.321 e. The van der Waals surface area contributed by atoms with Gasteiger partial charge < -0.3 is 16.0 Å². The smallest absolute Gasteiger partial charge is 0.272 e. The maximum atomic E-state index is 13.3. The van der Waals surface area contributed by atoms with E-state index in [1.807, 2.05) is 0 Å². The lowest BCUT2D eigenvalue weighted by Gasteiger charge is -2.13. The summed E-state index contributed by atoms with van der Waals surface area (Å²) in [6, 6.07) is 26.3. The first-order valence-electron chi connectivity index (χ1n) is 13.7. The minimum atomic E-state index is -0.599. The molecule has 5 rings (SSSR count). The SMILES string of the molecule is O=C(CSc1ccc(NC(=O)/C(=C/c2c(Cl)cccc2Cl)NC(=O)c2ccccc2)cc1)Nc1nc(-c2cccc([N+](=O)[O-])c2)cs1. The number of nitrogens with one attached hydrogen (secondary N) is 3. The summed E-state index contributed by atoms with van der Waals surface area (Å²) in [4.78, 5) is 54.6. The lowest BCUT2D eigenvalue weighted by Crippen LogP contribution is -2.30. The highest BCUT2D eigenvalue weighted by atomic mass is 35.5. The summed E-state index contributed by atoms with van der Waals surface area (Å²) in [6.45, 7) is 0. The summed E-state index contributed by atoms with van der Waals surface area (Å²) < 4.78 is 0. The van der Waals surface area contributed by atoms with Gasteiger partial charge in [-0.1, -0.05) is 59.6 Å². The van der Waals surface area contributed by atoms with Crippen LogP contribution >= 0.6 is 46.3 Å². The number of amides is 3. The molecule has 10 nitrogen and oxygen atoms in total. The Hall–Kier alpha value is -5.01. The van der Waals surface area contributed by atoms with Gasteiger partial charge in [0.15, 0.2) is 5.13 Å². The molecule has 0 spiro atoms. The molecule has 1 heterocycles. The molecular weight excluding hydrogens is 681 g/mol. The van der Waals surface area contributed by atoms with E-state index >= 15 is 0 Å². The lowest BCUT2D eigenvalue weighted by atomic mass is 10.1. The number of carbonyl (C=O) groups is 3. The van der Waals surface area contributed by atoms with Crippen molar-refractivity contribution in [1.82, 2.24) is 10.3 Å². The summed E-state index contributed by atoms with van der Waals surface area (Å²) in [5.74, 6) is -1.28. The first-order valence-corrected chi connectivity index (χ1v) is 16.3. The molecule has 3 amide bonds. The number of anilines is 2. The Labute approximate surface area is 287 Å². The number of nitro groups is 1. The first kappa shape index (κ1) is 33.4. The Morgan fingerprint density at radius 1 is 0.894 bits per heavy atom. The number of benzene rings is 4. The van der Waals surface area contributed by atoms with Crippen molar-refractivity contribution in [3.05, 3.63) is 139 Å². The van der Waals surface area contributed by atoms with Crippen LogP contribution in [0.15, 0.2) is 113 Å². The summed E-state index contributed by atoms with van der Waals surface area (Å²) in [6.07, 6.45) is 1.42. The van der Waals surface area contributed by atoms with Gasteiger partial charge in [0.1, 0.15) is 5.70 Å². The third-order valence-corrected chi connectivity index (χ3v) is 8.83. The number of hydrogen-bond donors (Lipinski definition) is 3. The Morgan fingerprint density at radius 2 is 1.60 bits per heavy atom. The molecule has 0 aliphatic carbocycles. The Balaban J connectivity index is 1.20. The molecule has 0 radical (unpaired) electrons. The average molecular weight is 705 g/mol. The molecule has 0 aliphatic heterocycles. The van der Waals surface area contributed by atoms with Gasteiger partial charge in [-0.2, -0.15) is 0 Å². The van der Waals surface area contributed by atoms with E-state index in [1.54, 1.807) is 90.3 Å². The van der Waals surface area contributed by atoms with Crippen LogP contribution in [-0.4, -0.2) is 33.4 Å². The first-order chi connectivity index (χ1) is 22.7. The van der Waals surface area contributed by atoms with Gasteiger partial charge in [-0.15, -0.1) is 23.1 Å². The van der Waals surface area contributed by atoms with Crippen LogP contribution < -0.4 is 16.0 Å². The fourth-order valence-corrected chi connectivity index (χ4v) is 6.06. The van der Waals surface area contributed by atoms with E-state index in [0.717, 1.165) is 4.90 Å². The van der Waals surface area contributed by atoms with Gasteiger partial charge in [0.05, 0.1) is 16.4 Å². The summed E-state index contributed by atoms with van der Waals surface area (Å²) in [5, 5.41) is 21.9. The zero-order valence-corrected chi connectivity index (χ0v) is 27.3. The van der Waals surface area contributed by atoms with E-state index in [0.29, 0.717) is 43.2 Å². The predicted octanol–water partition coefficient (Wildman–Crippen LogP) is 8.17. The van der Waals surface area contributed by atoms with E-state index in [4.69, 9.17) is 23.2 Å². The van der Waals surface area contributed by atoms with Crippen molar-refractivity contribution in [1.29, 1.82) is 0 Å². The second kappa shape index (κ2) is 15.5. The molecule has 0 bridgehead atoms. The topological polar surface area (TPSA) is 143 Å². The monoisotopic (exact) mass is 703 g/mol. The number of nitro benzene ring substituents is 1. The van der Waals surface area contributed by atoms with Crippen LogP contribution in [0, 0.1) is 10.1 Å². The number of thiazole rings is 1. The van der Waals surface area contributed by atoms with Gasteiger partial charge in [-0.05, 0) is 54.6 Å². The molecule has 3 N–H and O–H groups in total. The van der Waals surface area contributed by atoms with Crippen LogP contribution in [-0.2, 0) is 9.59 Å². The van der Waals surface area contributed by atoms with Crippen molar-refractivity contribution in [2.24, 2.45) is 0 Å². The highest BCUT2D eigenvalue weighted by Crippen LogP contribution is 2.29. The molecule has 236 valence electrons. The van der Waals surface area contributed by atoms with Gasteiger partial charge in [0.2, 0.25) is 5.91 Å². The van der Waals surface area contributed by atoms with E-state index < -0.39 is 16.7 Å². The zero-order valence-electron chi connectivity index (χ0n) is 24.1. The molecule has 1 aromatic heterocycles. The number of thioether (sulfide) groups is 1. The van der Waals surface area contributed by atoms with Gasteiger partial charge >= 0.3 is 0 Å². The number of hydrogen-bond acceptors (Lipinski definition) is 8.